The Bertz CT molecular complexity index is 446. The van der Waals surface area contributed by atoms with Gasteiger partial charge in [-0.25, -0.2) is 18.3 Å². The summed E-state index contributed by atoms with van der Waals surface area (Å²) in [5.74, 6) is -1.49. The van der Waals surface area contributed by atoms with Crippen LogP contribution < -0.4 is 0 Å². The summed E-state index contributed by atoms with van der Waals surface area (Å²) < 4.78 is 31.8. The van der Waals surface area contributed by atoms with Gasteiger partial charge in [-0.1, -0.05) is 5.21 Å². The smallest absolute Gasteiger partial charge is 0.358 e. The zero-order chi connectivity index (χ0) is 13.8. The van der Waals surface area contributed by atoms with Crippen LogP contribution in [0.15, 0.2) is 0 Å². The molecule has 1 saturated heterocycles. The minimum absolute atomic E-state index is 0.181. The van der Waals surface area contributed by atoms with Crippen molar-refractivity contribution in [1.82, 2.24) is 19.9 Å². The predicted octanol–water partition coefficient (Wildman–Crippen LogP) is 0.246. The average molecular weight is 276 g/mol. The summed E-state index contributed by atoms with van der Waals surface area (Å²) in [6.07, 6.45) is -2.91. The molecule has 0 radical (unpaired) electrons. The van der Waals surface area contributed by atoms with Crippen molar-refractivity contribution in [2.24, 2.45) is 0 Å². The molecule has 0 saturated carbocycles. The van der Waals surface area contributed by atoms with Crippen molar-refractivity contribution >= 4 is 5.97 Å². The second-order valence-corrected chi connectivity index (χ2v) is 4.11. The summed E-state index contributed by atoms with van der Waals surface area (Å²) in [6, 6.07) is 0. The number of aromatic carboxylic acids is 1. The Labute approximate surface area is 107 Å². The number of hydrogen-bond acceptors (Lipinski definition) is 5. The first-order chi connectivity index (χ1) is 9.09. The van der Waals surface area contributed by atoms with Crippen LogP contribution in [0.5, 0.6) is 0 Å². The lowest BCUT2D eigenvalue weighted by molar-refractivity contribution is 0.0352. The Kier molecular flexibility index (Phi) is 4.38. The van der Waals surface area contributed by atoms with Gasteiger partial charge < -0.3 is 9.84 Å². The van der Waals surface area contributed by atoms with E-state index in [-0.39, 0.29) is 6.54 Å². The fourth-order valence-corrected chi connectivity index (χ4v) is 1.91. The Hall–Kier alpha value is -1.61. The van der Waals surface area contributed by atoms with Gasteiger partial charge in [-0.15, -0.1) is 5.10 Å². The van der Waals surface area contributed by atoms with Crippen molar-refractivity contribution in [3.63, 3.8) is 0 Å². The fourth-order valence-electron chi connectivity index (χ4n) is 1.91. The zero-order valence-corrected chi connectivity index (χ0v) is 10.1. The highest BCUT2D eigenvalue weighted by Gasteiger charge is 2.26. The number of morpholine rings is 1. The molecule has 1 aromatic heterocycles. The Morgan fingerprint density at radius 3 is 2.63 bits per heavy atom. The van der Waals surface area contributed by atoms with Crippen molar-refractivity contribution in [3.8, 4) is 0 Å². The quantitative estimate of drug-likeness (QED) is 0.830. The Morgan fingerprint density at radius 1 is 1.37 bits per heavy atom. The molecular formula is C10H14F2N4O3. The molecule has 7 nitrogen and oxygen atoms in total. The summed E-state index contributed by atoms with van der Waals surface area (Å²) in [4.78, 5) is 12.8. The lowest BCUT2D eigenvalue weighted by Gasteiger charge is -2.26. The molecule has 106 valence electrons. The van der Waals surface area contributed by atoms with Crippen LogP contribution in [0.4, 0.5) is 8.78 Å². The van der Waals surface area contributed by atoms with Crippen LogP contribution in [-0.2, 0) is 11.3 Å². The lowest BCUT2D eigenvalue weighted by atomic mass is 10.3. The van der Waals surface area contributed by atoms with E-state index in [0.717, 1.165) is 17.8 Å². The third-order valence-corrected chi connectivity index (χ3v) is 2.91. The highest BCUT2D eigenvalue weighted by molar-refractivity contribution is 5.86. The van der Waals surface area contributed by atoms with Crippen LogP contribution >= 0.6 is 0 Å². The SMILES string of the molecule is O=C(O)c1nnn(CCN2CCOCC2)c1C(F)F. The minimum atomic E-state index is -2.91. The molecule has 1 aromatic rings. The maximum absolute atomic E-state index is 12.8. The van der Waals surface area contributed by atoms with Gasteiger partial charge in [0.2, 0.25) is 0 Å². The normalized spacial score (nSPS) is 17.0. The molecule has 0 aromatic carbocycles. The van der Waals surface area contributed by atoms with Gasteiger partial charge >= 0.3 is 5.97 Å². The van der Waals surface area contributed by atoms with Crippen molar-refractivity contribution in [3.05, 3.63) is 11.4 Å². The summed E-state index contributed by atoms with van der Waals surface area (Å²) in [5, 5.41) is 15.6. The summed E-state index contributed by atoms with van der Waals surface area (Å²) in [6.45, 7) is 3.36. The van der Waals surface area contributed by atoms with Crippen molar-refractivity contribution in [2.75, 3.05) is 32.8 Å². The number of carboxylic acids is 1. The maximum Gasteiger partial charge on any atom is 0.358 e. The highest BCUT2D eigenvalue weighted by atomic mass is 19.3. The van der Waals surface area contributed by atoms with Crippen LogP contribution in [0.2, 0.25) is 0 Å². The number of alkyl halides is 2. The van der Waals surface area contributed by atoms with E-state index in [4.69, 9.17) is 9.84 Å². The summed E-state index contributed by atoms with van der Waals surface area (Å²) in [5.41, 5.74) is -1.32. The number of aromatic nitrogens is 3. The van der Waals surface area contributed by atoms with Crippen LogP contribution in [-0.4, -0.2) is 63.8 Å². The van der Waals surface area contributed by atoms with Gasteiger partial charge in [-0.2, -0.15) is 0 Å². The molecule has 0 unspecified atom stereocenters. The van der Waals surface area contributed by atoms with Gasteiger partial charge in [0.1, 0.15) is 5.69 Å². The lowest BCUT2D eigenvalue weighted by Crippen LogP contribution is -2.38. The molecule has 9 heteroatoms. The molecule has 1 N–H and O–H groups in total. The number of ether oxygens (including phenoxy) is 1. The molecule has 1 aliphatic heterocycles. The molecular weight excluding hydrogens is 262 g/mol. The third kappa shape index (κ3) is 3.24. The molecule has 19 heavy (non-hydrogen) atoms. The van der Waals surface area contributed by atoms with E-state index in [0.29, 0.717) is 19.8 Å². The average Bonchev–Trinajstić information content (AvgIpc) is 2.81. The van der Waals surface area contributed by atoms with E-state index >= 15 is 0 Å². The summed E-state index contributed by atoms with van der Waals surface area (Å²) in [7, 11) is 0. The van der Waals surface area contributed by atoms with Gasteiger partial charge in [0.15, 0.2) is 5.69 Å². The van der Waals surface area contributed by atoms with Crippen molar-refractivity contribution in [1.29, 1.82) is 0 Å². The molecule has 0 amide bonds. The topological polar surface area (TPSA) is 80.5 Å². The van der Waals surface area contributed by atoms with E-state index in [1.54, 1.807) is 0 Å². The van der Waals surface area contributed by atoms with Crippen molar-refractivity contribution < 1.29 is 23.4 Å². The number of halogens is 2. The Balaban J connectivity index is 2.05. The van der Waals surface area contributed by atoms with E-state index in [2.05, 4.69) is 10.3 Å². The second-order valence-electron chi connectivity index (χ2n) is 4.11. The number of rotatable bonds is 5. The van der Waals surface area contributed by atoms with Gasteiger partial charge in [-0.3, -0.25) is 4.90 Å². The highest BCUT2D eigenvalue weighted by Crippen LogP contribution is 2.21. The largest absolute Gasteiger partial charge is 0.476 e. The minimum Gasteiger partial charge on any atom is -0.476 e. The van der Waals surface area contributed by atoms with Crippen molar-refractivity contribution in [2.45, 2.75) is 13.0 Å². The van der Waals surface area contributed by atoms with E-state index < -0.39 is 23.8 Å². The predicted molar refractivity (Wildman–Crippen MR) is 59.2 cm³/mol. The standard InChI is InChI=1S/C10H14F2N4O3/c11-9(12)8-7(10(17)18)13-14-16(8)2-1-15-3-5-19-6-4-15/h9H,1-6H2,(H,17,18). The molecule has 0 spiro atoms. The van der Waals surface area contributed by atoms with E-state index in [1.807, 2.05) is 4.90 Å². The molecule has 2 rings (SSSR count). The van der Waals surface area contributed by atoms with Crippen LogP contribution in [0.25, 0.3) is 0 Å². The van der Waals surface area contributed by atoms with Gasteiger partial charge in [-0.05, 0) is 0 Å². The second kappa shape index (κ2) is 6.02. The number of hydrogen-bond donors (Lipinski definition) is 1. The van der Waals surface area contributed by atoms with Gasteiger partial charge in [0.05, 0.1) is 19.8 Å². The van der Waals surface area contributed by atoms with Crippen LogP contribution in [0.3, 0.4) is 0 Å². The van der Waals surface area contributed by atoms with E-state index in [9.17, 15) is 13.6 Å². The first kappa shape index (κ1) is 13.8. The number of carboxylic acid groups (broad SMARTS) is 1. The van der Waals surface area contributed by atoms with Gasteiger partial charge in [0.25, 0.3) is 6.43 Å². The van der Waals surface area contributed by atoms with Gasteiger partial charge in [0, 0.05) is 19.6 Å². The number of nitrogens with zero attached hydrogens (tertiary/aromatic N) is 4. The van der Waals surface area contributed by atoms with E-state index in [1.165, 1.54) is 0 Å². The maximum atomic E-state index is 12.8. The first-order valence-corrected chi connectivity index (χ1v) is 5.84. The summed E-state index contributed by atoms with van der Waals surface area (Å²) >= 11 is 0. The zero-order valence-electron chi connectivity index (χ0n) is 10.1. The third-order valence-electron chi connectivity index (χ3n) is 2.91. The number of carbonyl (C=O) groups is 1. The molecule has 1 aliphatic rings. The van der Waals surface area contributed by atoms with Crippen LogP contribution in [0, 0.1) is 0 Å². The Morgan fingerprint density at radius 2 is 2.05 bits per heavy atom. The van der Waals surface area contributed by atoms with Crippen LogP contribution in [0.1, 0.15) is 22.6 Å². The molecule has 2 heterocycles. The molecule has 0 atom stereocenters. The molecule has 1 fully saturated rings. The molecule has 0 aliphatic carbocycles. The first-order valence-electron chi connectivity index (χ1n) is 5.84. The fraction of sp³-hybridized carbons (Fsp3) is 0.700. The monoisotopic (exact) mass is 276 g/mol. The molecule has 0 bridgehead atoms.